The van der Waals surface area contributed by atoms with Gasteiger partial charge in [-0.15, -0.1) is 0 Å². The third kappa shape index (κ3) is 6.31. The van der Waals surface area contributed by atoms with Crippen LogP contribution in [0.4, 0.5) is 0 Å². The molecule has 0 saturated carbocycles. The second-order valence-electron chi connectivity index (χ2n) is 7.94. The fourth-order valence-corrected chi connectivity index (χ4v) is 5.41. The summed E-state index contributed by atoms with van der Waals surface area (Å²) < 4.78 is 53.5. The third-order valence-electron chi connectivity index (χ3n) is 5.00. The molecular weight excluding hydrogens is 451 g/mol. The van der Waals surface area contributed by atoms with Gasteiger partial charge in [0.1, 0.15) is 23.6 Å². The monoisotopic (exact) mass is 484 g/mol. The van der Waals surface area contributed by atoms with E-state index in [9.17, 15) is 9.36 Å². The average molecular weight is 484 g/mol. The number of ether oxygens (including phenoxy) is 5. The Morgan fingerprint density at radius 3 is 2.27 bits per heavy atom. The lowest BCUT2D eigenvalue weighted by Gasteiger charge is -2.24. The van der Waals surface area contributed by atoms with Gasteiger partial charge >= 0.3 is 13.6 Å². The summed E-state index contributed by atoms with van der Waals surface area (Å²) in [7, 11) is -3.95. The molecule has 10 heteroatoms. The molecule has 2 heterocycles. The van der Waals surface area contributed by atoms with Gasteiger partial charge in [-0.3, -0.25) is 4.57 Å². The van der Waals surface area contributed by atoms with Gasteiger partial charge in [-0.05, 0) is 46.3 Å². The first-order valence-electron chi connectivity index (χ1n) is 11.2. The zero-order valence-corrected chi connectivity index (χ0v) is 20.6. The van der Waals surface area contributed by atoms with Gasteiger partial charge in [0.2, 0.25) is 0 Å². The average Bonchev–Trinajstić information content (AvgIpc) is 3.24. The van der Waals surface area contributed by atoms with Crippen LogP contribution in [-0.4, -0.2) is 56.2 Å². The Bertz CT molecular complexity index is 860. The van der Waals surface area contributed by atoms with Crippen molar-refractivity contribution in [1.82, 2.24) is 0 Å². The molecule has 184 valence electrons. The van der Waals surface area contributed by atoms with E-state index < -0.39 is 44.0 Å². The highest BCUT2D eigenvalue weighted by atomic mass is 31.2. The zero-order chi connectivity index (χ0) is 24.1. The summed E-state index contributed by atoms with van der Waals surface area (Å²) in [4.78, 5) is 12.8. The minimum absolute atomic E-state index is 0.0844. The van der Waals surface area contributed by atoms with Gasteiger partial charge in [-0.25, -0.2) is 4.79 Å². The second-order valence-corrected chi connectivity index (χ2v) is 9.93. The summed E-state index contributed by atoms with van der Waals surface area (Å²) >= 11 is 0. The van der Waals surface area contributed by atoms with Crippen LogP contribution in [0.1, 0.15) is 40.2 Å². The van der Waals surface area contributed by atoms with Crippen LogP contribution in [0.5, 0.6) is 0 Å². The molecule has 0 aromatic heterocycles. The molecule has 2 aliphatic heterocycles. The van der Waals surface area contributed by atoms with Gasteiger partial charge in [-0.1, -0.05) is 30.3 Å². The first-order chi connectivity index (χ1) is 15.7. The van der Waals surface area contributed by atoms with E-state index in [1.807, 2.05) is 30.3 Å². The van der Waals surface area contributed by atoms with E-state index in [0.29, 0.717) is 6.61 Å². The van der Waals surface area contributed by atoms with Crippen LogP contribution in [0.2, 0.25) is 0 Å². The molecule has 4 atom stereocenters. The lowest BCUT2D eigenvalue weighted by molar-refractivity contribution is -0.231. The molecule has 1 aromatic carbocycles. The fourth-order valence-electron chi connectivity index (χ4n) is 3.76. The van der Waals surface area contributed by atoms with Crippen LogP contribution < -0.4 is 0 Å². The number of hydrogen-bond donors (Lipinski definition) is 0. The largest absolute Gasteiger partial charge is 0.462 e. The van der Waals surface area contributed by atoms with E-state index >= 15 is 0 Å². The molecule has 0 bridgehead atoms. The summed E-state index contributed by atoms with van der Waals surface area (Å²) in [5.41, 5.74) is 0.972. The summed E-state index contributed by atoms with van der Waals surface area (Å²) in [6.45, 7) is 9.14. The van der Waals surface area contributed by atoms with Crippen molar-refractivity contribution in [2.75, 3.05) is 19.8 Å². The van der Waals surface area contributed by atoms with Crippen LogP contribution in [0.25, 0.3) is 0 Å². The smallest absolute Gasteiger partial charge is 0.368 e. The highest BCUT2D eigenvalue weighted by Crippen LogP contribution is 2.57. The molecule has 2 saturated heterocycles. The van der Waals surface area contributed by atoms with E-state index in [4.69, 9.17) is 32.7 Å². The predicted octanol–water partition coefficient (Wildman–Crippen LogP) is 4.16. The Kier molecular flexibility index (Phi) is 8.86. The van der Waals surface area contributed by atoms with Crippen molar-refractivity contribution in [2.24, 2.45) is 0 Å². The Morgan fingerprint density at radius 2 is 1.67 bits per heavy atom. The fraction of sp³-hybridized carbons (Fsp3) is 0.609. The number of carbonyl (C=O) groups excluding carboxylic acids is 1. The maximum atomic E-state index is 13.5. The van der Waals surface area contributed by atoms with E-state index in [2.05, 4.69) is 0 Å². The lowest BCUT2D eigenvalue weighted by atomic mass is 10.1. The molecule has 33 heavy (non-hydrogen) atoms. The number of fused-ring (bicyclic) bond motifs is 1. The van der Waals surface area contributed by atoms with Gasteiger partial charge in [-0.2, -0.15) is 0 Å². The molecule has 0 amide bonds. The summed E-state index contributed by atoms with van der Waals surface area (Å²) in [5.74, 6) is -1.68. The molecule has 0 unspecified atom stereocenters. The first-order valence-corrected chi connectivity index (χ1v) is 12.7. The van der Waals surface area contributed by atoms with E-state index in [0.717, 1.165) is 5.56 Å². The van der Waals surface area contributed by atoms with Crippen molar-refractivity contribution < 1.29 is 42.1 Å². The standard InChI is InChI=1S/C23H33O9P/c1-6-26-21(24)18(33(25,28-7-2)29-8-3)14-17-19-20(32-23(4,5)31-19)22(30-17)27-15-16-12-10-9-11-13-16/h9-14,17,19-20,22H,6-8,15H2,1-5H3/b18-14-/t17-,19+,20+,22+/m1/s1. The first kappa shape index (κ1) is 26.0. The molecule has 0 spiro atoms. The molecule has 1 aromatic rings. The SMILES string of the molecule is CCOC(=O)/C(=C/[C@H]1O[C@H](OCc2ccccc2)[C@H]2OC(C)(C)O[C@H]21)P(=O)(OCC)OCC. The Morgan fingerprint density at radius 1 is 1.03 bits per heavy atom. The Balaban J connectivity index is 1.89. The van der Waals surface area contributed by atoms with Crippen molar-refractivity contribution in [3.63, 3.8) is 0 Å². The second kappa shape index (κ2) is 11.2. The summed E-state index contributed by atoms with van der Waals surface area (Å²) in [6.07, 6.45) is -1.31. The van der Waals surface area contributed by atoms with Crippen LogP contribution in [0.15, 0.2) is 41.7 Å². The number of benzene rings is 1. The normalized spacial score (nSPS) is 26.9. The minimum atomic E-state index is -3.95. The summed E-state index contributed by atoms with van der Waals surface area (Å²) in [5, 5.41) is -0.228. The number of esters is 1. The van der Waals surface area contributed by atoms with Crippen LogP contribution in [0, 0.1) is 0 Å². The molecule has 9 nitrogen and oxygen atoms in total. The number of rotatable bonds is 11. The summed E-state index contributed by atoms with van der Waals surface area (Å²) in [6, 6.07) is 9.66. The highest BCUT2D eigenvalue weighted by Gasteiger charge is 2.56. The van der Waals surface area contributed by atoms with Gasteiger partial charge in [0.25, 0.3) is 0 Å². The Hall–Kier alpha value is -1.58. The highest BCUT2D eigenvalue weighted by molar-refractivity contribution is 7.59. The Labute approximate surface area is 194 Å². The number of carbonyl (C=O) groups is 1. The van der Waals surface area contributed by atoms with Crippen molar-refractivity contribution in [2.45, 2.75) is 71.6 Å². The molecule has 3 rings (SSSR count). The van der Waals surface area contributed by atoms with Crippen LogP contribution in [-0.2, 0) is 48.7 Å². The van der Waals surface area contributed by atoms with E-state index in [-0.39, 0.29) is 25.1 Å². The topological polar surface area (TPSA) is 98.8 Å². The predicted molar refractivity (Wildman–Crippen MR) is 119 cm³/mol. The van der Waals surface area contributed by atoms with E-state index in [1.54, 1.807) is 34.6 Å². The van der Waals surface area contributed by atoms with Crippen molar-refractivity contribution in [3.05, 3.63) is 47.3 Å². The quantitative estimate of drug-likeness (QED) is 0.260. The van der Waals surface area contributed by atoms with Gasteiger partial charge < -0.3 is 32.7 Å². The number of hydrogen-bond acceptors (Lipinski definition) is 9. The molecular formula is C23H33O9P. The van der Waals surface area contributed by atoms with Crippen molar-refractivity contribution in [1.29, 1.82) is 0 Å². The minimum Gasteiger partial charge on any atom is -0.462 e. The lowest BCUT2D eigenvalue weighted by Crippen LogP contribution is -2.31. The third-order valence-corrected chi connectivity index (χ3v) is 7.12. The van der Waals surface area contributed by atoms with Gasteiger partial charge in [0, 0.05) is 0 Å². The van der Waals surface area contributed by atoms with Crippen LogP contribution >= 0.6 is 7.60 Å². The van der Waals surface area contributed by atoms with Crippen LogP contribution in [0.3, 0.4) is 0 Å². The van der Waals surface area contributed by atoms with Crippen molar-refractivity contribution in [3.8, 4) is 0 Å². The zero-order valence-electron chi connectivity index (χ0n) is 19.7. The molecule has 0 aliphatic carbocycles. The molecule has 0 N–H and O–H groups in total. The van der Waals surface area contributed by atoms with Gasteiger partial charge in [0.05, 0.1) is 26.4 Å². The molecule has 2 aliphatic rings. The van der Waals surface area contributed by atoms with Gasteiger partial charge in [0.15, 0.2) is 12.1 Å². The maximum Gasteiger partial charge on any atom is 0.368 e. The van der Waals surface area contributed by atoms with Crippen molar-refractivity contribution >= 4 is 13.6 Å². The molecule has 0 radical (unpaired) electrons. The maximum absolute atomic E-state index is 13.5. The molecule has 2 fully saturated rings. The van der Waals surface area contributed by atoms with E-state index in [1.165, 1.54) is 6.08 Å².